The van der Waals surface area contributed by atoms with Crippen LogP contribution in [0.5, 0.6) is 0 Å². The van der Waals surface area contributed by atoms with Crippen LogP contribution in [0.4, 0.5) is 15.9 Å². The van der Waals surface area contributed by atoms with E-state index in [9.17, 15) is 19.3 Å². The summed E-state index contributed by atoms with van der Waals surface area (Å²) in [5.74, 6) is -1.44. The van der Waals surface area contributed by atoms with Crippen LogP contribution in [0.25, 0.3) is 0 Å². The Hall–Kier alpha value is -2.42. The molecule has 7 nitrogen and oxygen atoms in total. The lowest BCUT2D eigenvalue weighted by molar-refractivity contribution is -0.385. The third-order valence-corrected chi connectivity index (χ3v) is 2.63. The Labute approximate surface area is 120 Å². The van der Waals surface area contributed by atoms with Crippen molar-refractivity contribution in [2.75, 3.05) is 5.32 Å². The molecule has 1 heterocycles. The monoisotopic (exact) mass is 340 g/mol. The van der Waals surface area contributed by atoms with E-state index in [4.69, 9.17) is 0 Å². The van der Waals surface area contributed by atoms with Gasteiger partial charge in [0.05, 0.1) is 23.4 Å². The van der Waals surface area contributed by atoms with Gasteiger partial charge in [-0.15, -0.1) is 0 Å². The van der Waals surface area contributed by atoms with Gasteiger partial charge in [-0.2, -0.15) is 0 Å². The first-order valence-corrected chi connectivity index (χ1v) is 5.99. The fourth-order valence-electron chi connectivity index (χ4n) is 1.38. The molecule has 0 aliphatic rings. The van der Waals surface area contributed by atoms with Crippen LogP contribution in [0.3, 0.4) is 0 Å². The molecule has 0 spiro atoms. The van der Waals surface area contributed by atoms with Gasteiger partial charge in [0.1, 0.15) is 10.4 Å². The number of carbonyl (C=O) groups excluding carboxylic acids is 1. The van der Waals surface area contributed by atoms with Gasteiger partial charge in [-0.3, -0.25) is 14.9 Å². The molecule has 1 aromatic carbocycles. The van der Waals surface area contributed by atoms with E-state index in [0.29, 0.717) is 4.60 Å². The average molecular weight is 341 g/mol. The van der Waals surface area contributed by atoms with E-state index >= 15 is 0 Å². The van der Waals surface area contributed by atoms with Gasteiger partial charge in [-0.1, -0.05) is 0 Å². The van der Waals surface area contributed by atoms with Gasteiger partial charge in [0.2, 0.25) is 0 Å². The van der Waals surface area contributed by atoms with Crippen molar-refractivity contribution >= 4 is 33.3 Å². The second-order valence-electron chi connectivity index (χ2n) is 3.63. The summed E-state index contributed by atoms with van der Waals surface area (Å²) in [5.41, 5.74) is -0.682. The van der Waals surface area contributed by atoms with Crippen LogP contribution in [-0.4, -0.2) is 20.8 Å². The first-order valence-electron chi connectivity index (χ1n) is 5.19. The zero-order valence-corrected chi connectivity index (χ0v) is 11.3. The predicted octanol–water partition coefficient (Wildman–Crippen LogP) is 2.54. The Morgan fingerprint density at radius 3 is 2.65 bits per heavy atom. The molecule has 1 N–H and O–H groups in total. The maximum absolute atomic E-state index is 13.2. The molecule has 2 aromatic rings. The number of rotatable bonds is 3. The number of nitro benzene ring substituents is 1. The molecule has 0 aliphatic heterocycles. The number of benzene rings is 1. The van der Waals surface area contributed by atoms with Crippen molar-refractivity contribution in [3.8, 4) is 0 Å². The number of anilines is 1. The number of amides is 1. The first-order chi connectivity index (χ1) is 9.45. The molecule has 1 aromatic heterocycles. The van der Waals surface area contributed by atoms with Gasteiger partial charge < -0.3 is 5.32 Å². The molecule has 0 radical (unpaired) electrons. The third-order valence-electron chi connectivity index (χ3n) is 2.22. The van der Waals surface area contributed by atoms with Crippen molar-refractivity contribution in [3.05, 3.63) is 56.7 Å². The van der Waals surface area contributed by atoms with Gasteiger partial charge in [-0.25, -0.2) is 14.4 Å². The van der Waals surface area contributed by atoms with Crippen molar-refractivity contribution < 1.29 is 14.1 Å². The summed E-state index contributed by atoms with van der Waals surface area (Å²) in [6.07, 6.45) is 2.65. The summed E-state index contributed by atoms with van der Waals surface area (Å²) < 4.78 is 13.7. The summed E-state index contributed by atoms with van der Waals surface area (Å²) in [5, 5.41) is 13.0. The molecule has 0 saturated heterocycles. The van der Waals surface area contributed by atoms with Crippen LogP contribution in [0, 0.1) is 15.9 Å². The van der Waals surface area contributed by atoms with E-state index in [-0.39, 0.29) is 11.4 Å². The van der Waals surface area contributed by atoms with Crippen molar-refractivity contribution in [1.29, 1.82) is 0 Å². The number of halogens is 2. The highest BCUT2D eigenvalue weighted by Gasteiger charge is 2.15. The Kier molecular flexibility index (Phi) is 3.99. The third kappa shape index (κ3) is 3.32. The van der Waals surface area contributed by atoms with Crippen LogP contribution < -0.4 is 5.32 Å². The summed E-state index contributed by atoms with van der Waals surface area (Å²) in [6.45, 7) is 0. The second-order valence-corrected chi connectivity index (χ2v) is 4.45. The highest BCUT2D eigenvalue weighted by molar-refractivity contribution is 9.10. The Balaban J connectivity index is 2.25. The molecule has 0 aliphatic carbocycles. The van der Waals surface area contributed by atoms with E-state index in [1.165, 1.54) is 12.4 Å². The van der Waals surface area contributed by atoms with E-state index in [2.05, 4.69) is 31.2 Å². The Bertz CT molecular complexity index is 678. The number of nitro groups is 1. The van der Waals surface area contributed by atoms with E-state index < -0.39 is 22.3 Å². The van der Waals surface area contributed by atoms with E-state index in [0.717, 1.165) is 18.2 Å². The molecule has 1 amide bonds. The van der Waals surface area contributed by atoms with Gasteiger partial charge in [0.25, 0.3) is 11.6 Å². The molecule has 0 bridgehead atoms. The molecule has 2 rings (SSSR count). The molecule has 0 unspecified atom stereocenters. The summed E-state index contributed by atoms with van der Waals surface area (Å²) in [4.78, 5) is 29.4. The molecule has 0 atom stereocenters. The first kappa shape index (κ1) is 14.0. The molecule has 9 heteroatoms. The molecular weight excluding hydrogens is 335 g/mol. The minimum Gasteiger partial charge on any atom is -0.305 e. The number of nitrogens with one attached hydrogen (secondary N) is 1. The number of aromatic nitrogens is 2. The fourth-order valence-corrected chi connectivity index (χ4v) is 1.58. The topological polar surface area (TPSA) is 98.0 Å². The molecule has 0 saturated carbocycles. The number of nitrogens with zero attached hydrogens (tertiary/aromatic N) is 3. The van der Waals surface area contributed by atoms with E-state index in [1.807, 2.05) is 0 Å². The van der Waals surface area contributed by atoms with Crippen molar-refractivity contribution in [1.82, 2.24) is 9.97 Å². The normalized spacial score (nSPS) is 10.1. The number of carbonyl (C=O) groups is 1. The van der Waals surface area contributed by atoms with Crippen molar-refractivity contribution in [2.45, 2.75) is 0 Å². The second kappa shape index (κ2) is 5.70. The summed E-state index contributed by atoms with van der Waals surface area (Å²) in [7, 11) is 0. The number of non-ortho nitro benzene ring substituents is 1. The number of hydrogen-bond acceptors (Lipinski definition) is 5. The molecule has 0 fully saturated rings. The quantitative estimate of drug-likeness (QED) is 0.683. The van der Waals surface area contributed by atoms with Crippen LogP contribution in [-0.2, 0) is 0 Å². The highest BCUT2D eigenvalue weighted by Crippen LogP contribution is 2.17. The smallest absolute Gasteiger partial charge is 0.273 e. The summed E-state index contributed by atoms with van der Waals surface area (Å²) >= 11 is 3.08. The van der Waals surface area contributed by atoms with Crippen LogP contribution in [0.15, 0.2) is 35.2 Å². The van der Waals surface area contributed by atoms with Gasteiger partial charge in [0.15, 0.2) is 5.82 Å². The molecule has 20 heavy (non-hydrogen) atoms. The number of hydrogen-bond donors (Lipinski definition) is 1. The zero-order valence-electron chi connectivity index (χ0n) is 9.71. The van der Waals surface area contributed by atoms with Gasteiger partial charge in [0, 0.05) is 11.6 Å². The Morgan fingerprint density at radius 1 is 1.30 bits per heavy atom. The standard InChI is InChI=1S/C11H6BrFN4O3/c12-9-4-15-10(5-14-9)16-11(18)6-1-7(13)3-8(2-6)17(19)20/h1-5H,(H,15,16,18). The largest absolute Gasteiger partial charge is 0.305 e. The van der Waals surface area contributed by atoms with E-state index in [1.54, 1.807) is 0 Å². The van der Waals surface area contributed by atoms with Crippen LogP contribution in [0.1, 0.15) is 10.4 Å². The van der Waals surface area contributed by atoms with Gasteiger partial charge in [-0.05, 0) is 22.0 Å². The predicted molar refractivity (Wildman–Crippen MR) is 70.7 cm³/mol. The lowest BCUT2D eigenvalue weighted by atomic mass is 10.2. The molecule has 102 valence electrons. The maximum Gasteiger partial charge on any atom is 0.273 e. The minimum atomic E-state index is -0.869. The van der Waals surface area contributed by atoms with Gasteiger partial charge >= 0.3 is 0 Å². The summed E-state index contributed by atoms with van der Waals surface area (Å²) in [6, 6.07) is 2.61. The zero-order chi connectivity index (χ0) is 14.7. The Morgan fingerprint density at radius 2 is 2.05 bits per heavy atom. The molecular formula is C11H6BrFN4O3. The maximum atomic E-state index is 13.2. The van der Waals surface area contributed by atoms with Crippen LogP contribution >= 0.6 is 15.9 Å². The lowest BCUT2D eigenvalue weighted by Crippen LogP contribution is -2.13. The minimum absolute atomic E-state index is 0.144. The SMILES string of the molecule is O=C(Nc1cnc(Br)cn1)c1cc(F)cc([N+](=O)[O-])c1. The lowest BCUT2D eigenvalue weighted by Gasteiger charge is -2.04. The van der Waals surface area contributed by atoms with Crippen molar-refractivity contribution in [3.63, 3.8) is 0 Å². The highest BCUT2D eigenvalue weighted by atomic mass is 79.9. The average Bonchev–Trinajstić information content (AvgIpc) is 2.40. The van der Waals surface area contributed by atoms with Crippen LogP contribution in [0.2, 0.25) is 0 Å². The fraction of sp³-hybridized carbons (Fsp3) is 0. The van der Waals surface area contributed by atoms with Crippen molar-refractivity contribution in [2.24, 2.45) is 0 Å².